The van der Waals surface area contributed by atoms with Gasteiger partial charge in [0.25, 0.3) is 0 Å². The Morgan fingerprint density at radius 2 is 1.85 bits per heavy atom. The molecule has 1 rings (SSSR count). The summed E-state index contributed by atoms with van der Waals surface area (Å²) < 4.78 is 0. The van der Waals surface area contributed by atoms with Gasteiger partial charge in [-0.2, -0.15) is 0 Å². The van der Waals surface area contributed by atoms with Crippen LogP contribution in [0.15, 0.2) is 0 Å². The van der Waals surface area contributed by atoms with Crippen LogP contribution in [-0.2, 0) is 0 Å². The van der Waals surface area contributed by atoms with Crippen LogP contribution < -0.4 is 0 Å². The van der Waals surface area contributed by atoms with Gasteiger partial charge in [-0.05, 0) is 55.3 Å². The number of aliphatic hydroxyl groups excluding tert-OH is 3. The van der Waals surface area contributed by atoms with Crippen LogP contribution in [0.1, 0.15) is 66.2 Å². The Kier molecular flexibility index (Phi) is 6.96. The van der Waals surface area contributed by atoms with E-state index in [2.05, 4.69) is 27.7 Å². The van der Waals surface area contributed by atoms with E-state index in [1.54, 1.807) is 0 Å². The molecule has 0 aliphatic heterocycles. The highest BCUT2D eigenvalue weighted by Gasteiger charge is 2.43. The van der Waals surface area contributed by atoms with Crippen LogP contribution in [0.5, 0.6) is 0 Å². The fraction of sp³-hybridized carbons (Fsp3) is 1.00. The summed E-state index contributed by atoms with van der Waals surface area (Å²) in [6.07, 6.45) is 4.81. The van der Waals surface area contributed by atoms with Gasteiger partial charge in [-0.3, -0.25) is 0 Å². The quantitative estimate of drug-likeness (QED) is 0.674. The van der Waals surface area contributed by atoms with Gasteiger partial charge in [0.2, 0.25) is 0 Å². The Morgan fingerprint density at radius 1 is 1.20 bits per heavy atom. The van der Waals surface area contributed by atoms with Crippen LogP contribution in [0.2, 0.25) is 0 Å². The van der Waals surface area contributed by atoms with E-state index in [1.165, 1.54) is 12.8 Å². The minimum absolute atomic E-state index is 0.171. The second-order valence-electron chi connectivity index (χ2n) is 7.58. The zero-order valence-electron chi connectivity index (χ0n) is 13.7. The molecule has 1 aliphatic rings. The molecule has 0 bridgehead atoms. The molecule has 3 nitrogen and oxygen atoms in total. The van der Waals surface area contributed by atoms with Gasteiger partial charge in [-0.15, -0.1) is 0 Å². The van der Waals surface area contributed by atoms with Crippen molar-refractivity contribution in [3.8, 4) is 0 Å². The zero-order chi connectivity index (χ0) is 15.3. The van der Waals surface area contributed by atoms with E-state index >= 15 is 0 Å². The second kappa shape index (κ2) is 7.77. The maximum atomic E-state index is 9.95. The summed E-state index contributed by atoms with van der Waals surface area (Å²) in [5, 5.41) is 28.9. The van der Waals surface area contributed by atoms with E-state index in [-0.39, 0.29) is 18.1 Å². The van der Waals surface area contributed by atoms with Crippen molar-refractivity contribution in [2.75, 3.05) is 6.61 Å². The molecule has 0 saturated heterocycles. The molecule has 0 radical (unpaired) electrons. The van der Waals surface area contributed by atoms with Crippen molar-refractivity contribution in [1.82, 2.24) is 0 Å². The van der Waals surface area contributed by atoms with Crippen molar-refractivity contribution >= 4 is 0 Å². The molecule has 3 heteroatoms. The molecule has 0 spiro atoms. The van der Waals surface area contributed by atoms with Gasteiger partial charge < -0.3 is 15.3 Å². The Hall–Kier alpha value is -0.120. The predicted molar refractivity (Wildman–Crippen MR) is 82.4 cm³/mol. The Morgan fingerprint density at radius 3 is 2.40 bits per heavy atom. The van der Waals surface area contributed by atoms with Crippen molar-refractivity contribution in [2.45, 2.75) is 78.4 Å². The smallest absolute Gasteiger partial charge is 0.0773 e. The summed E-state index contributed by atoms with van der Waals surface area (Å²) >= 11 is 0. The molecule has 1 saturated carbocycles. The first-order valence-electron chi connectivity index (χ1n) is 8.26. The fourth-order valence-electron chi connectivity index (χ4n) is 3.73. The molecule has 5 atom stereocenters. The number of aliphatic hydroxyl groups is 3. The normalized spacial score (nSPS) is 34.2. The lowest BCUT2D eigenvalue weighted by Gasteiger charge is -2.48. The van der Waals surface area contributed by atoms with Crippen LogP contribution in [0.4, 0.5) is 0 Å². The van der Waals surface area contributed by atoms with Crippen molar-refractivity contribution in [3.63, 3.8) is 0 Å². The number of rotatable bonds is 7. The van der Waals surface area contributed by atoms with E-state index in [0.29, 0.717) is 18.3 Å². The van der Waals surface area contributed by atoms with E-state index < -0.39 is 6.10 Å². The summed E-state index contributed by atoms with van der Waals surface area (Å²) in [6.45, 7) is 8.97. The predicted octanol–water partition coefficient (Wildman–Crippen LogP) is 2.97. The molecular formula is C17H34O3. The van der Waals surface area contributed by atoms with Crippen molar-refractivity contribution in [1.29, 1.82) is 0 Å². The lowest BCUT2D eigenvalue weighted by Crippen LogP contribution is -2.42. The van der Waals surface area contributed by atoms with Crippen LogP contribution >= 0.6 is 0 Å². The lowest BCUT2D eigenvalue weighted by atomic mass is 9.58. The van der Waals surface area contributed by atoms with Gasteiger partial charge in [0, 0.05) is 0 Å². The van der Waals surface area contributed by atoms with E-state index in [1.807, 2.05) is 0 Å². The fourth-order valence-corrected chi connectivity index (χ4v) is 3.73. The van der Waals surface area contributed by atoms with Crippen molar-refractivity contribution in [3.05, 3.63) is 0 Å². The standard InChI is InChI=1S/C17H34O3/c1-12(2)5-6-13(3)17(4)8-7-15(19)9-14(17)10-16(20)11-18/h12-16,18-20H,5-11H2,1-4H3/t13-,14+,15-,16?,17-/m1/s1. The van der Waals surface area contributed by atoms with E-state index in [4.69, 9.17) is 5.11 Å². The van der Waals surface area contributed by atoms with Crippen LogP contribution in [0.3, 0.4) is 0 Å². The van der Waals surface area contributed by atoms with Crippen LogP contribution in [-0.4, -0.2) is 34.1 Å². The molecule has 20 heavy (non-hydrogen) atoms. The minimum Gasteiger partial charge on any atom is -0.394 e. The largest absolute Gasteiger partial charge is 0.394 e. The molecule has 120 valence electrons. The van der Waals surface area contributed by atoms with Crippen molar-refractivity contribution < 1.29 is 15.3 Å². The molecule has 1 fully saturated rings. The van der Waals surface area contributed by atoms with E-state index in [9.17, 15) is 10.2 Å². The van der Waals surface area contributed by atoms with Gasteiger partial charge in [0.15, 0.2) is 0 Å². The summed E-state index contributed by atoms with van der Waals surface area (Å²) in [5.41, 5.74) is 0.171. The Labute approximate surface area is 124 Å². The maximum Gasteiger partial charge on any atom is 0.0773 e. The molecule has 0 amide bonds. The molecule has 0 heterocycles. The highest BCUT2D eigenvalue weighted by atomic mass is 16.3. The summed E-state index contributed by atoms with van der Waals surface area (Å²) in [7, 11) is 0. The topological polar surface area (TPSA) is 60.7 Å². The van der Waals surface area contributed by atoms with Gasteiger partial charge in [-0.1, -0.05) is 34.1 Å². The minimum atomic E-state index is -0.651. The SMILES string of the molecule is CC(C)CC[C@@H](C)[C@@]1(C)CC[C@@H](O)C[C@H]1CC(O)CO. The lowest BCUT2D eigenvalue weighted by molar-refractivity contribution is -0.0449. The monoisotopic (exact) mass is 286 g/mol. The summed E-state index contributed by atoms with van der Waals surface area (Å²) in [4.78, 5) is 0. The molecule has 3 N–H and O–H groups in total. The molecule has 0 aromatic carbocycles. The third kappa shape index (κ3) is 4.71. The van der Waals surface area contributed by atoms with Gasteiger partial charge in [0.05, 0.1) is 18.8 Å². The number of hydrogen-bond donors (Lipinski definition) is 3. The van der Waals surface area contributed by atoms with E-state index in [0.717, 1.165) is 25.2 Å². The first-order valence-corrected chi connectivity index (χ1v) is 8.26. The zero-order valence-corrected chi connectivity index (χ0v) is 13.7. The summed E-state index contributed by atoms with van der Waals surface area (Å²) in [6, 6.07) is 0. The van der Waals surface area contributed by atoms with Gasteiger partial charge in [0.1, 0.15) is 0 Å². The Balaban J connectivity index is 2.73. The molecule has 0 aromatic rings. The van der Waals surface area contributed by atoms with Crippen LogP contribution in [0.25, 0.3) is 0 Å². The molecular weight excluding hydrogens is 252 g/mol. The first kappa shape index (κ1) is 17.9. The Bertz CT molecular complexity index is 279. The first-order chi connectivity index (χ1) is 9.29. The number of hydrogen-bond acceptors (Lipinski definition) is 3. The average molecular weight is 286 g/mol. The molecule has 1 aliphatic carbocycles. The van der Waals surface area contributed by atoms with Gasteiger partial charge >= 0.3 is 0 Å². The third-order valence-electron chi connectivity index (χ3n) is 5.58. The molecule has 1 unspecified atom stereocenters. The maximum absolute atomic E-state index is 9.95. The molecule has 0 aromatic heterocycles. The highest BCUT2D eigenvalue weighted by Crippen LogP contribution is 2.50. The summed E-state index contributed by atoms with van der Waals surface area (Å²) in [5.74, 6) is 1.61. The average Bonchev–Trinajstić information content (AvgIpc) is 2.40. The highest BCUT2D eigenvalue weighted by molar-refractivity contribution is 4.93. The third-order valence-corrected chi connectivity index (χ3v) is 5.58. The second-order valence-corrected chi connectivity index (χ2v) is 7.58. The van der Waals surface area contributed by atoms with Gasteiger partial charge in [-0.25, -0.2) is 0 Å². The van der Waals surface area contributed by atoms with Crippen LogP contribution in [0, 0.1) is 23.2 Å². The van der Waals surface area contributed by atoms with Crippen molar-refractivity contribution in [2.24, 2.45) is 23.2 Å².